The van der Waals surface area contributed by atoms with E-state index in [1.807, 2.05) is 6.08 Å². The molecule has 0 fully saturated rings. The number of carbonyl (C=O) groups is 2. The normalized spacial score (nSPS) is 19.9. The molecule has 0 saturated heterocycles. The van der Waals surface area contributed by atoms with E-state index < -0.39 is 18.2 Å². The molecule has 1 aliphatic carbocycles. The maximum atomic E-state index is 12.0. The quantitative estimate of drug-likeness (QED) is 0.392. The molecule has 0 saturated carbocycles. The van der Waals surface area contributed by atoms with E-state index >= 15 is 0 Å². The number of terminal acetylenes is 2. The van der Waals surface area contributed by atoms with Gasteiger partial charge in [0.15, 0.2) is 6.10 Å². The first-order valence-corrected chi connectivity index (χ1v) is 8.05. The Balaban J connectivity index is 2.43. The average molecular weight is 316 g/mol. The monoisotopic (exact) mass is 316 g/mol. The van der Waals surface area contributed by atoms with Gasteiger partial charge in [-0.3, -0.25) is 9.59 Å². The Hall–Kier alpha value is -2.20. The summed E-state index contributed by atoms with van der Waals surface area (Å²) in [6.07, 6.45) is 17.5. The van der Waals surface area contributed by atoms with Crippen molar-refractivity contribution in [3.05, 3.63) is 11.6 Å². The lowest BCUT2D eigenvalue weighted by Gasteiger charge is -2.29. The van der Waals surface area contributed by atoms with Gasteiger partial charge in [0.1, 0.15) is 6.10 Å². The number of rotatable bonds is 8. The lowest BCUT2D eigenvalue weighted by molar-refractivity contribution is -0.164. The molecule has 1 rings (SSSR count). The molecule has 4 nitrogen and oxygen atoms in total. The fourth-order valence-electron chi connectivity index (χ4n) is 2.53. The lowest BCUT2D eigenvalue weighted by Crippen LogP contribution is -2.38. The summed E-state index contributed by atoms with van der Waals surface area (Å²) in [7, 11) is 0. The molecule has 0 unspecified atom stereocenters. The van der Waals surface area contributed by atoms with Crippen molar-refractivity contribution in [1.82, 2.24) is 0 Å². The molecule has 0 spiro atoms. The minimum absolute atomic E-state index is 0.276. The summed E-state index contributed by atoms with van der Waals surface area (Å²) in [4.78, 5) is 23.2. The Labute approximate surface area is 138 Å². The summed E-state index contributed by atoms with van der Waals surface area (Å²) in [6.45, 7) is 1.32. The van der Waals surface area contributed by atoms with Gasteiger partial charge in [0.25, 0.3) is 0 Å². The SMILES string of the molecule is C#CCCCCCCC(=O)O[C@@H]1CCC=C(C#C)[C@H]1OC(C)=O. The molecule has 23 heavy (non-hydrogen) atoms. The number of carbonyl (C=O) groups excluding carboxylic acids is 2. The summed E-state index contributed by atoms with van der Waals surface area (Å²) >= 11 is 0. The third-order valence-corrected chi connectivity index (χ3v) is 3.65. The zero-order valence-corrected chi connectivity index (χ0v) is 13.7. The van der Waals surface area contributed by atoms with E-state index in [1.54, 1.807) is 0 Å². The van der Waals surface area contributed by atoms with Crippen LogP contribution in [0.5, 0.6) is 0 Å². The Morgan fingerprint density at radius 3 is 2.61 bits per heavy atom. The minimum Gasteiger partial charge on any atom is -0.458 e. The molecule has 0 amide bonds. The van der Waals surface area contributed by atoms with E-state index in [0.717, 1.165) is 32.1 Å². The largest absolute Gasteiger partial charge is 0.458 e. The molecule has 0 heterocycles. The van der Waals surface area contributed by atoms with Crippen molar-refractivity contribution in [2.75, 3.05) is 0 Å². The Bertz CT molecular complexity index is 518. The van der Waals surface area contributed by atoms with Crippen LogP contribution in [-0.2, 0) is 19.1 Å². The summed E-state index contributed by atoms with van der Waals surface area (Å²) in [5, 5.41) is 0. The van der Waals surface area contributed by atoms with E-state index in [9.17, 15) is 9.59 Å². The highest BCUT2D eigenvalue weighted by Gasteiger charge is 2.32. The predicted octanol–water partition coefficient (Wildman–Crippen LogP) is 3.16. The summed E-state index contributed by atoms with van der Waals surface area (Å²) < 4.78 is 10.7. The van der Waals surface area contributed by atoms with Gasteiger partial charge < -0.3 is 9.47 Å². The molecule has 0 radical (unpaired) electrons. The molecule has 0 N–H and O–H groups in total. The van der Waals surface area contributed by atoms with Crippen LogP contribution in [0, 0.1) is 24.7 Å². The van der Waals surface area contributed by atoms with Gasteiger partial charge in [0.2, 0.25) is 0 Å². The van der Waals surface area contributed by atoms with E-state index in [2.05, 4.69) is 11.8 Å². The Kier molecular flexibility index (Phi) is 8.62. The first-order chi connectivity index (χ1) is 11.1. The summed E-state index contributed by atoms with van der Waals surface area (Å²) in [5.41, 5.74) is 0.568. The van der Waals surface area contributed by atoms with Gasteiger partial charge in [-0.15, -0.1) is 18.8 Å². The smallest absolute Gasteiger partial charge is 0.306 e. The van der Waals surface area contributed by atoms with Crippen molar-refractivity contribution < 1.29 is 19.1 Å². The summed E-state index contributed by atoms with van der Waals surface area (Å²) in [6, 6.07) is 0. The van der Waals surface area contributed by atoms with Gasteiger partial charge in [-0.25, -0.2) is 0 Å². The first-order valence-electron chi connectivity index (χ1n) is 8.05. The van der Waals surface area contributed by atoms with Crippen molar-refractivity contribution in [1.29, 1.82) is 0 Å². The third kappa shape index (κ3) is 7.06. The second-order valence-corrected chi connectivity index (χ2v) is 5.56. The zero-order valence-electron chi connectivity index (χ0n) is 13.7. The molecule has 0 aliphatic heterocycles. The minimum atomic E-state index is -0.661. The molecule has 0 aromatic heterocycles. The van der Waals surface area contributed by atoms with Gasteiger partial charge in [-0.05, 0) is 25.7 Å². The number of ether oxygens (including phenoxy) is 2. The van der Waals surface area contributed by atoms with Crippen LogP contribution >= 0.6 is 0 Å². The zero-order chi connectivity index (χ0) is 17.1. The van der Waals surface area contributed by atoms with Crippen molar-refractivity contribution in [2.45, 2.75) is 70.5 Å². The molecule has 2 atom stereocenters. The number of hydrogen-bond acceptors (Lipinski definition) is 4. The second-order valence-electron chi connectivity index (χ2n) is 5.56. The van der Waals surface area contributed by atoms with Crippen LogP contribution in [0.2, 0.25) is 0 Å². The first kappa shape index (κ1) is 18.8. The van der Waals surface area contributed by atoms with E-state index in [0.29, 0.717) is 24.8 Å². The van der Waals surface area contributed by atoms with E-state index in [-0.39, 0.29) is 5.97 Å². The maximum absolute atomic E-state index is 12.0. The van der Waals surface area contributed by atoms with Gasteiger partial charge in [-0.2, -0.15) is 0 Å². The fourth-order valence-corrected chi connectivity index (χ4v) is 2.53. The summed E-state index contributed by atoms with van der Waals surface area (Å²) in [5.74, 6) is 4.40. The van der Waals surface area contributed by atoms with Crippen LogP contribution in [0.25, 0.3) is 0 Å². The van der Waals surface area contributed by atoms with Gasteiger partial charge in [0, 0.05) is 25.3 Å². The van der Waals surface area contributed by atoms with E-state index in [4.69, 9.17) is 22.3 Å². The Morgan fingerprint density at radius 2 is 1.96 bits per heavy atom. The van der Waals surface area contributed by atoms with Crippen molar-refractivity contribution in [2.24, 2.45) is 0 Å². The number of allylic oxidation sites excluding steroid dienone is 1. The maximum Gasteiger partial charge on any atom is 0.306 e. The Morgan fingerprint density at radius 1 is 1.22 bits per heavy atom. The standard InChI is InChI=1S/C19H24O4/c1-4-6-7-8-9-10-14-18(21)23-17-13-11-12-16(5-2)19(17)22-15(3)20/h1-2,12,17,19H,6-11,13-14H2,3H3/t17-,19-/m1/s1. The van der Waals surface area contributed by atoms with Crippen LogP contribution < -0.4 is 0 Å². The third-order valence-electron chi connectivity index (χ3n) is 3.65. The molecule has 1 aliphatic rings. The number of unbranched alkanes of at least 4 members (excludes halogenated alkanes) is 4. The second kappa shape index (κ2) is 10.5. The van der Waals surface area contributed by atoms with E-state index in [1.165, 1.54) is 6.92 Å². The average Bonchev–Trinajstić information content (AvgIpc) is 2.52. The van der Waals surface area contributed by atoms with Crippen LogP contribution in [0.4, 0.5) is 0 Å². The van der Waals surface area contributed by atoms with Crippen molar-refractivity contribution >= 4 is 11.9 Å². The highest BCUT2D eigenvalue weighted by Crippen LogP contribution is 2.25. The van der Waals surface area contributed by atoms with Crippen molar-refractivity contribution in [3.63, 3.8) is 0 Å². The molecule has 0 aromatic carbocycles. The lowest BCUT2D eigenvalue weighted by atomic mass is 9.94. The van der Waals surface area contributed by atoms with Gasteiger partial charge >= 0.3 is 11.9 Å². The van der Waals surface area contributed by atoms with Crippen LogP contribution in [0.3, 0.4) is 0 Å². The van der Waals surface area contributed by atoms with Gasteiger partial charge in [-0.1, -0.05) is 24.8 Å². The predicted molar refractivity (Wildman–Crippen MR) is 88.1 cm³/mol. The van der Waals surface area contributed by atoms with Gasteiger partial charge in [0.05, 0.1) is 0 Å². The highest BCUT2D eigenvalue weighted by atomic mass is 16.6. The molecule has 0 aromatic rings. The molecule has 4 heteroatoms. The molecule has 124 valence electrons. The molecular weight excluding hydrogens is 292 g/mol. The van der Waals surface area contributed by atoms with Crippen LogP contribution in [-0.4, -0.2) is 24.1 Å². The molecule has 0 bridgehead atoms. The molecular formula is C19H24O4. The van der Waals surface area contributed by atoms with Crippen LogP contribution in [0.15, 0.2) is 11.6 Å². The number of esters is 2. The van der Waals surface area contributed by atoms with Crippen LogP contribution in [0.1, 0.15) is 58.3 Å². The van der Waals surface area contributed by atoms with Crippen molar-refractivity contribution in [3.8, 4) is 24.7 Å². The number of hydrogen-bond donors (Lipinski definition) is 0. The topological polar surface area (TPSA) is 52.6 Å². The fraction of sp³-hybridized carbons (Fsp3) is 0.579. The highest BCUT2D eigenvalue weighted by molar-refractivity contribution is 5.70.